The van der Waals surface area contributed by atoms with Gasteiger partial charge in [-0.25, -0.2) is 9.54 Å². The van der Waals surface area contributed by atoms with Crippen LogP contribution in [0.2, 0.25) is 0 Å². The zero-order chi connectivity index (χ0) is 9.80. The van der Waals surface area contributed by atoms with Gasteiger partial charge in [0.25, 0.3) is 0 Å². The van der Waals surface area contributed by atoms with Gasteiger partial charge in [0.15, 0.2) is 0 Å². The van der Waals surface area contributed by atoms with Crippen LogP contribution in [0.15, 0.2) is 30.3 Å². The Bertz CT molecular complexity index is 272. The molecule has 1 N–H and O–H groups in total. The van der Waals surface area contributed by atoms with Crippen LogP contribution < -0.4 is 9.84 Å². The van der Waals surface area contributed by atoms with E-state index in [4.69, 9.17) is 11.8 Å². The van der Waals surface area contributed by atoms with Gasteiger partial charge in [0, 0.05) is 38.0 Å². The number of piperazine rings is 1. The molecule has 0 saturated carbocycles. The Morgan fingerprint density at radius 3 is 2.43 bits per heavy atom. The number of rotatable bonds is 2. The summed E-state index contributed by atoms with van der Waals surface area (Å²) >= 11 is 6.22. The average molecular weight is 212 g/mol. The van der Waals surface area contributed by atoms with Gasteiger partial charge in [-0.15, -0.1) is 0 Å². The highest BCUT2D eigenvalue weighted by atomic mass is 35.5. The van der Waals surface area contributed by atoms with E-state index in [1.165, 1.54) is 0 Å². The van der Waals surface area contributed by atoms with E-state index >= 15 is 0 Å². The minimum atomic E-state index is 0.957. The number of benzene rings is 1. The van der Waals surface area contributed by atoms with E-state index in [1.54, 1.807) is 4.53 Å². The van der Waals surface area contributed by atoms with E-state index in [-0.39, 0.29) is 0 Å². The number of hydrazine groups is 1. The second kappa shape index (κ2) is 4.64. The SMILES string of the molecule is ClN(c1ccccc1)N1CCNCC1. The maximum absolute atomic E-state index is 6.22. The van der Waals surface area contributed by atoms with Gasteiger partial charge >= 0.3 is 0 Å². The predicted molar refractivity (Wildman–Crippen MR) is 59.2 cm³/mol. The van der Waals surface area contributed by atoms with Gasteiger partial charge in [-0.2, -0.15) is 0 Å². The van der Waals surface area contributed by atoms with Crippen molar-refractivity contribution >= 4 is 17.5 Å². The Morgan fingerprint density at radius 2 is 1.79 bits per heavy atom. The zero-order valence-electron chi connectivity index (χ0n) is 7.99. The van der Waals surface area contributed by atoms with Gasteiger partial charge < -0.3 is 5.32 Å². The summed E-state index contributed by atoms with van der Waals surface area (Å²) in [5, 5.41) is 5.43. The fourth-order valence-electron chi connectivity index (χ4n) is 1.54. The van der Waals surface area contributed by atoms with Crippen molar-refractivity contribution < 1.29 is 0 Å². The molecule has 2 rings (SSSR count). The summed E-state index contributed by atoms with van der Waals surface area (Å²) in [6.07, 6.45) is 0. The minimum Gasteiger partial charge on any atom is -0.314 e. The molecule has 0 aromatic heterocycles. The van der Waals surface area contributed by atoms with Crippen molar-refractivity contribution in [2.24, 2.45) is 0 Å². The molecular weight excluding hydrogens is 198 g/mol. The van der Waals surface area contributed by atoms with E-state index in [9.17, 15) is 0 Å². The molecule has 0 radical (unpaired) electrons. The van der Waals surface area contributed by atoms with Crippen LogP contribution in [-0.2, 0) is 0 Å². The standard InChI is InChI=1S/C10H14ClN3/c11-14(10-4-2-1-3-5-10)13-8-6-12-7-9-13/h1-5,12H,6-9H2. The summed E-state index contributed by atoms with van der Waals surface area (Å²) in [4.78, 5) is 0. The molecular formula is C10H14ClN3. The average Bonchev–Trinajstić information content (AvgIpc) is 2.30. The summed E-state index contributed by atoms with van der Waals surface area (Å²) < 4.78 is 1.71. The smallest absolute Gasteiger partial charge is 0.0708 e. The number of para-hydroxylation sites is 1. The molecule has 1 aliphatic heterocycles. The molecule has 76 valence electrons. The molecule has 0 amide bonds. The van der Waals surface area contributed by atoms with E-state index in [0.717, 1.165) is 31.9 Å². The number of halogens is 1. The first-order chi connectivity index (χ1) is 6.88. The number of hydrogen-bond donors (Lipinski definition) is 1. The van der Waals surface area contributed by atoms with Crippen molar-refractivity contribution in [2.75, 3.05) is 30.7 Å². The molecule has 0 bridgehead atoms. The van der Waals surface area contributed by atoms with Crippen molar-refractivity contribution in [3.8, 4) is 0 Å². The molecule has 4 heteroatoms. The van der Waals surface area contributed by atoms with Crippen LogP contribution in [-0.4, -0.2) is 31.2 Å². The monoisotopic (exact) mass is 211 g/mol. The first-order valence-electron chi connectivity index (χ1n) is 4.84. The largest absolute Gasteiger partial charge is 0.314 e. The lowest BCUT2D eigenvalue weighted by molar-refractivity contribution is 0.256. The topological polar surface area (TPSA) is 18.5 Å². The number of hydrogen-bond acceptors (Lipinski definition) is 3. The van der Waals surface area contributed by atoms with Crippen LogP contribution in [0.3, 0.4) is 0 Å². The van der Waals surface area contributed by atoms with Crippen LogP contribution in [0.25, 0.3) is 0 Å². The Hall–Kier alpha value is -0.770. The minimum absolute atomic E-state index is 0.957. The highest BCUT2D eigenvalue weighted by molar-refractivity contribution is 6.25. The summed E-state index contributed by atoms with van der Waals surface area (Å²) in [5.41, 5.74) is 1.02. The molecule has 14 heavy (non-hydrogen) atoms. The predicted octanol–water partition coefficient (Wildman–Crippen LogP) is 1.47. The second-order valence-electron chi connectivity index (χ2n) is 3.30. The molecule has 0 aliphatic carbocycles. The Balaban J connectivity index is 2.03. The van der Waals surface area contributed by atoms with Gasteiger partial charge in [-0.1, -0.05) is 18.2 Å². The van der Waals surface area contributed by atoms with Gasteiger partial charge in [0.1, 0.15) is 0 Å². The molecule has 1 saturated heterocycles. The van der Waals surface area contributed by atoms with E-state index in [0.29, 0.717) is 0 Å². The van der Waals surface area contributed by atoms with Crippen LogP contribution in [0.1, 0.15) is 0 Å². The summed E-state index contributed by atoms with van der Waals surface area (Å²) in [5.74, 6) is 0. The third-order valence-electron chi connectivity index (χ3n) is 2.31. The van der Waals surface area contributed by atoms with Crippen LogP contribution in [0, 0.1) is 0 Å². The molecule has 1 aromatic carbocycles. The van der Waals surface area contributed by atoms with Crippen LogP contribution in [0.5, 0.6) is 0 Å². The highest BCUT2D eigenvalue weighted by Gasteiger charge is 2.16. The summed E-state index contributed by atoms with van der Waals surface area (Å²) in [6.45, 7) is 3.91. The third-order valence-corrected chi connectivity index (χ3v) is 2.72. The number of anilines is 1. The first-order valence-corrected chi connectivity index (χ1v) is 5.18. The maximum atomic E-state index is 6.22. The molecule has 0 unspecified atom stereocenters. The molecule has 3 nitrogen and oxygen atoms in total. The quantitative estimate of drug-likeness (QED) is 0.748. The first kappa shape index (κ1) is 9.77. The summed E-state index contributed by atoms with van der Waals surface area (Å²) in [7, 11) is 0. The van der Waals surface area contributed by atoms with Gasteiger partial charge in [-0.3, -0.25) is 0 Å². The van der Waals surface area contributed by atoms with E-state index in [1.807, 2.05) is 30.3 Å². The lowest BCUT2D eigenvalue weighted by atomic mass is 10.3. The number of nitrogens with one attached hydrogen (secondary N) is 1. The highest BCUT2D eigenvalue weighted by Crippen LogP contribution is 2.18. The van der Waals surface area contributed by atoms with Crippen molar-refractivity contribution in [1.29, 1.82) is 0 Å². The molecule has 1 aliphatic rings. The molecule has 1 heterocycles. The van der Waals surface area contributed by atoms with Crippen molar-refractivity contribution in [1.82, 2.24) is 10.3 Å². The fraction of sp³-hybridized carbons (Fsp3) is 0.400. The van der Waals surface area contributed by atoms with Crippen molar-refractivity contribution in [3.05, 3.63) is 30.3 Å². The Morgan fingerprint density at radius 1 is 1.14 bits per heavy atom. The Labute approximate surface area is 89.3 Å². The normalized spacial score (nSPS) is 18.1. The molecule has 1 fully saturated rings. The second-order valence-corrected chi connectivity index (χ2v) is 3.62. The van der Waals surface area contributed by atoms with Crippen molar-refractivity contribution in [2.45, 2.75) is 0 Å². The lowest BCUT2D eigenvalue weighted by Crippen LogP contribution is -2.49. The maximum Gasteiger partial charge on any atom is 0.0708 e. The van der Waals surface area contributed by atoms with Gasteiger partial charge in [0.2, 0.25) is 0 Å². The zero-order valence-corrected chi connectivity index (χ0v) is 8.74. The molecule has 0 atom stereocenters. The molecule has 1 aromatic rings. The molecule has 0 spiro atoms. The lowest BCUT2D eigenvalue weighted by Gasteiger charge is -2.33. The number of nitrogens with zero attached hydrogens (tertiary/aromatic N) is 2. The van der Waals surface area contributed by atoms with E-state index < -0.39 is 0 Å². The van der Waals surface area contributed by atoms with E-state index in [2.05, 4.69) is 10.3 Å². The summed E-state index contributed by atoms with van der Waals surface area (Å²) in [6, 6.07) is 10.00. The van der Waals surface area contributed by atoms with Crippen molar-refractivity contribution in [3.63, 3.8) is 0 Å². The van der Waals surface area contributed by atoms with Gasteiger partial charge in [-0.05, 0) is 12.1 Å². The van der Waals surface area contributed by atoms with Gasteiger partial charge in [0.05, 0.1) is 5.69 Å². The third kappa shape index (κ3) is 2.18. The Kier molecular flexibility index (Phi) is 3.24. The van der Waals surface area contributed by atoms with Crippen LogP contribution >= 0.6 is 11.8 Å². The fourth-order valence-corrected chi connectivity index (χ4v) is 1.81. The van der Waals surface area contributed by atoms with Crippen LogP contribution in [0.4, 0.5) is 5.69 Å².